The number of aliphatic hydroxyl groups is 1. The van der Waals surface area contributed by atoms with Crippen LogP contribution in [0, 0.1) is 0 Å². The van der Waals surface area contributed by atoms with Crippen molar-refractivity contribution in [2.45, 2.75) is 39.3 Å². The number of carbonyl (C=O) groups is 1. The molecular weight excluding hydrogens is 232 g/mol. The van der Waals surface area contributed by atoms with Crippen LogP contribution in [0.4, 0.5) is 0 Å². The third-order valence-corrected chi connectivity index (χ3v) is 3.04. The van der Waals surface area contributed by atoms with Crippen LogP contribution in [0.2, 0.25) is 0 Å². The molecule has 0 aliphatic carbocycles. The van der Waals surface area contributed by atoms with Crippen molar-refractivity contribution in [3.63, 3.8) is 0 Å². The molecule has 0 aromatic heterocycles. The molecule has 1 amide bonds. The smallest absolute Gasteiger partial charge is 0.238 e. The van der Waals surface area contributed by atoms with Crippen molar-refractivity contribution in [1.29, 1.82) is 0 Å². The Balaban J connectivity index is 4.37. The van der Waals surface area contributed by atoms with Gasteiger partial charge in [0.25, 0.3) is 0 Å². The van der Waals surface area contributed by atoms with Gasteiger partial charge in [0.15, 0.2) is 0 Å². The summed E-state index contributed by atoms with van der Waals surface area (Å²) in [6, 6.07) is -0.851. The van der Waals surface area contributed by atoms with Gasteiger partial charge in [-0.05, 0) is 27.7 Å². The lowest BCUT2D eigenvalue weighted by Gasteiger charge is -2.23. The fraction of sp³-hybridized carbons (Fsp3) is 0.889. The van der Waals surface area contributed by atoms with Crippen molar-refractivity contribution < 1.29 is 18.3 Å². The summed E-state index contributed by atoms with van der Waals surface area (Å²) in [4.78, 5) is 11.5. The first-order chi connectivity index (χ1) is 7.07. The molecule has 0 saturated carbocycles. The van der Waals surface area contributed by atoms with Crippen molar-refractivity contribution in [2.75, 3.05) is 12.4 Å². The van der Waals surface area contributed by atoms with Gasteiger partial charge in [0.1, 0.15) is 0 Å². The first-order valence-corrected chi connectivity index (χ1v) is 6.65. The fourth-order valence-corrected chi connectivity index (χ4v) is 1.98. The quantitative estimate of drug-likeness (QED) is 0.597. The zero-order valence-electron chi connectivity index (χ0n) is 10.1. The average molecular weight is 252 g/mol. The standard InChI is InChI=1S/C9H20N2O4S/c1-7(8(13)10-9(2,3)4)11-16(14,15)6-5-12/h7,11-12H,5-6H2,1-4H3,(H,10,13). The highest BCUT2D eigenvalue weighted by Crippen LogP contribution is 2.00. The summed E-state index contributed by atoms with van der Waals surface area (Å²) in [6.45, 7) is 6.40. The summed E-state index contributed by atoms with van der Waals surface area (Å²) in [5.74, 6) is -0.797. The second-order valence-electron chi connectivity index (χ2n) is 4.62. The van der Waals surface area contributed by atoms with Crippen LogP contribution < -0.4 is 10.0 Å². The van der Waals surface area contributed by atoms with E-state index >= 15 is 0 Å². The zero-order valence-corrected chi connectivity index (χ0v) is 10.9. The first kappa shape index (κ1) is 15.3. The highest BCUT2D eigenvalue weighted by molar-refractivity contribution is 7.89. The number of amides is 1. The van der Waals surface area contributed by atoms with E-state index in [0.29, 0.717) is 0 Å². The van der Waals surface area contributed by atoms with E-state index in [1.165, 1.54) is 6.92 Å². The van der Waals surface area contributed by atoms with Crippen LogP contribution in [-0.4, -0.2) is 43.4 Å². The SMILES string of the molecule is CC(NS(=O)(=O)CCO)C(=O)NC(C)(C)C. The molecule has 6 nitrogen and oxygen atoms in total. The Labute approximate surface area is 96.5 Å². The maximum absolute atomic E-state index is 11.5. The molecule has 0 aromatic rings. The summed E-state index contributed by atoms with van der Waals surface area (Å²) in [5, 5.41) is 11.2. The minimum Gasteiger partial charge on any atom is -0.395 e. The molecule has 7 heteroatoms. The molecule has 1 unspecified atom stereocenters. The van der Waals surface area contributed by atoms with Gasteiger partial charge in [0, 0.05) is 5.54 Å². The predicted molar refractivity (Wildman–Crippen MR) is 61.4 cm³/mol. The second kappa shape index (κ2) is 5.60. The molecule has 0 aliphatic heterocycles. The van der Waals surface area contributed by atoms with Crippen LogP contribution in [0.1, 0.15) is 27.7 Å². The molecular formula is C9H20N2O4S. The lowest BCUT2D eigenvalue weighted by Crippen LogP contribution is -2.51. The number of rotatable bonds is 5. The van der Waals surface area contributed by atoms with E-state index in [0.717, 1.165) is 0 Å². The third-order valence-electron chi connectivity index (χ3n) is 1.61. The van der Waals surface area contributed by atoms with E-state index in [1.807, 2.05) is 0 Å². The molecule has 96 valence electrons. The summed E-state index contributed by atoms with van der Waals surface area (Å²) in [5.41, 5.74) is -0.409. The van der Waals surface area contributed by atoms with E-state index in [2.05, 4.69) is 10.0 Å². The largest absolute Gasteiger partial charge is 0.395 e. The Hall–Kier alpha value is -0.660. The van der Waals surface area contributed by atoms with Crippen molar-refractivity contribution in [3.05, 3.63) is 0 Å². The first-order valence-electron chi connectivity index (χ1n) is 5.00. The molecule has 0 saturated heterocycles. The van der Waals surface area contributed by atoms with Gasteiger partial charge in [0.2, 0.25) is 15.9 Å². The summed E-state index contributed by atoms with van der Waals surface area (Å²) < 4.78 is 24.7. The highest BCUT2D eigenvalue weighted by Gasteiger charge is 2.22. The van der Waals surface area contributed by atoms with Crippen LogP contribution in [0.3, 0.4) is 0 Å². The van der Waals surface area contributed by atoms with E-state index in [1.54, 1.807) is 20.8 Å². The van der Waals surface area contributed by atoms with Gasteiger partial charge >= 0.3 is 0 Å². The van der Waals surface area contributed by atoms with Crippen LogP contribution in [-0.2, 0) is 14.8 Å². The van der Waals surface area contributed by atoms with Crippen LogP contribution in [0.25, 0.3) is 0 Å². The monoisotopic (exact) mass is 252 g/mol. The van der Waals surface area contributed by atoms with Crippen molar-refractivity contribution in [2.24, 2.45) is 0 Å². The third kappa shape index (κ3) is 6.76. The molecule has 16 heavy (non-hydrogen) atoms. The summed E-state index contributed by atoms with van der Waals surface area (Å²) >= 11 is 0. The zero-order chi connectivity index (χ0) is 13.0. The Bertz CT molecular complexity index is 332. The molecule has 0 fully saturated rings. The van der Waals surface area contributed by atoms with Crippen LogP contribution in [0.5, 0.6) is 0 Å². The van der Waals surface area contributed by atoms with Gasteiger partial charge in [-0.2, -0.15) is 0 Å². The van der Waals surface area contributed by atoms with Crippen LogP contribution in [0.15, 0.2) is 0 Å². The van der Waals surface area contributed by atoms with Gasteiger partial charge in [-0.25, -0.2) is 13.1 Å². The summed E-state index contributed by atoms with van der Waals surface area (Å²) in [7, 11) is -3.59. The molecule has 3 N–H and O–H groups in total. The van der Waals surface area contributed by atoms with E-state index < -0.39 is 39.9 Å². The topological polar surface area (TPSA) is 95.5 Å². The average Bonchev–Trinajstić information content (AvgIpc) is 1.99. The number of aliphatic hydroxyl groups excluding tert-OH is 1. The molecule has 0 aliphatic rings. The Morgan fingerprint density at radius 1 is 1.38 bits per heavy atom. The van der Waals surface area contributed by atoms with Crippen LogP contribution >= 0.6 is 0 Å². The number of hydrogen-bond acceptors (Lipinski definition) is 4. The highest BCUT2D eigenvalue weighted by atomic mass is 32.2. The summed E-state index contributed by atoms with van der Waals surface area (Å²) in [6.07, 6.45) is 0. The maximum atomic E-state index is 11.5. The van der Waals surface area contributed by atoms with Gasteiger partial charge < -0.3 is 10.4 Å². The molecule has 0 bridgehead atoms. The van der Waals surface area contributed by atoms with Crippen molar-refractivity contribution in [3.8, 4) is 0 Å². The second-order valence-corrected chi connectivity index (χ2v) is 6.49. The van der Waals surface area contributed by atoms with Crippen molar-refractivity contribution in [1.82, 2.24) is 10.0 Å². The number of hydrogen-bond donors (Lipinski definition) is 3. The fourth-order valence-electron chi connectivity index (χ4n) is 0.980. The molecule has 1 atom stereocenters. The number of sulfonamides is 1. The lowest BCUT2D eigenvalue weighted by atomic mass is 10.1. The molecule has 0 radical (unpaired) electrons. The van der Waals surface area contributed by atoms with Gasteiger partial charge in [-0.3, -0.25) is 4.79 Å². The molecule has 0 aromatic carbocycles. The normalized spacial score (nSPS) is 14.6. The molecule has 0 rings (SSSR count). The molecule has 0 spiro atoms. The minimum absolute atomic E-state index is 0.394. The van der Waals surface area contributed by atoms with Gasteiger partial charge in [-0.15, -0.1) is 0 Å². The van der Waals surface area contributed by atoms with E-state index in [9.17, 15) is 13.2 Å². The lowest BCUT2D eigenvalue weighted by molar-refractivity contribution is -0.123. The number of carbonyl (C=O) groups excluding carboxylic acids is 1. The number of nitrogens with one attached hydrogen (secondary N) is 2. The van der Waals surface area contributed by atoms with Gasteiger partial charge in [-0.1, -0.05) is 0 Å². The molecule has 0 heterocycles. The Kier molecular flexibility index (Phi) is 5.37. The Morgan fingerprint density at radius 3 is 2.25 bits per heavy atom. The predicted octanol–water partition coefficient (Wildman–Crippen LogP) is -0.799. The minimum atomic E-state index is -3.59. The van der Waals surface area contributed by atoms with Crippen molar-refractivity contribution >= 4 is 15.9 Å². The maximum Gasteiger partial charge on any atom is 0.238 e. The van der Waals surface area contributed by atoms with Gasteiger partial charge in [0.05, 0.1) is 18.4 Å². The Morgan fingerprint density at radius 2 is 1.88 bits per heavy atom. The van der Waals surface area contributed by atoms with E-state index in [-0.39, 0.29) is 0 Å². The van der Waals surface area contributed by atoms with E-state index in [4.69, 9.17) is 5.11 Å².